The quantitative estimate of drug-likeness (QED) is 0.688. The van der Waals surface area contributed by atoms with Gasteiger partial charge in [0.05, 0.1) is 6.04 Å². The molecule has 0 aliphatic heterocycles. The summed E-state index contributed by atoms with van der Waals surface area (Å²) in [5.41, 5.74) is 2.95. The number of amides is 1. The third kappa shape index (κ3) is 3.91. The van der Waals surface area contributed by atoms with Crippen LogP contribution in [-0.4, -0.2) is 51.0 Å². The van der Waals surface area contributed by atoms with Gasteiger partial charge in [0.2, 0.25) is 5.91 Å². The minimum Gasteiger partial charge on any atom is -0.354 e. The Balaban J connectivity index is 1.61. The lowest BCUT2D eigenvalue weighted by Gasteiger charge is -2.23. The number of nitrogens with zero attached hydrogens (tertiary/aromatic N) is 5. The zero-order chi connectivity index (χ0) is 18.7. The van der Waals surface area contributed by atoms with Crippen LogP contribution in [0.1, 0.15) is 34.3 Å². The maximum atomic E-state index is 12.4. The van der Waals surface area contributed by atoms with Crippen LogP contribution in [-0.2, 0) is 11.2 Å². The van der Waals surface area contributed by atoms with E-state index in [1.54, 1.807) is 15.9 Å². The molecule has 3 heterocycles. The van der Waals surface area contributed by atoms with Crippen LogP contribution in [0.15, 0.2) is 23.8 Å². The molecule has 8 heteroatoms. The lowest BCUT2D eigenvalue weighted by molar-refractivity contribution is -0.121. The second kappa shape index (κ2) is 7.92. The number of hydrogen-bond donors (Lipinski definition) is 1. The van der Waals surface area contributed by atoms with Gasteiger partial charge in [0, 0.05) is 29.2 Å². The van der Waals surface area contributed by atoms with Crippen LogP contribution < -0.4 is 5.32 Å². The number of carbonyl (C=O) groups is 1. The second-order valence-corrected chi connectivity index (χ2v) is 7.51. The van der Waals surface area contributed by atoms with Crippen LogP contribution in [0.3, 0.4) is 0 Å². The maximum Gasteiger partial charge on any atom is 0.252 e. The van der Waals surface area contributed by atoms with Gasteiger partial charge in [0.1, 0.15) is 6.33 Å². The first kappa shape index (κ1) is 18.5. The van der Waals surface area contributed by atoms with Crippen molar-refractivity contribution in [1.29, 1.82) is 0 Å². The number of hydrogen-bond acceptors (Lipinski definition) is 6. The average Bonchev–Trinajstić information content (AvgIpc) is 3.26. The van der Waals surface area contributed by atoms with Crippen molar-refractivity contribution in [2.45, 2.75) is 32.7 Å². The Morgan fingerprint density at radius 1 is 1.38 bits per heavy atom. The van der Waals surface area contributed by atoms with E-state index in [-0.39, 0.29) is 11.9 Å². The van der Waals surface area contributed by atoms with Crippen LogP contribution in [0.25, 0.3) is 5.78 Å². The van der Waals surface area contributed by atoms with E-state index in [0.717, 1.165) is 17.0 Å². The molecule has 0 aromatic carbocycles. The Labute approximate surface area is 157 Å². The molecule has 0 saturated carbocycles. The molecule has 0 aliphatic carbocycles. The number of carbonyl (C=O) groups excluding carboxylic acids is 1. The Hall–Kier alpha value is -2.32. The van der Waals surface area contributed by atoms with Gasteiger partial charge < -0.3 is 10.2 Å². The molecule has 0 fully saturated rings. The fourth-order valence-corrected chi connectivity index (χ4v) is 4.00. The van der Waals surface area contributed by atoms with Crippen LogP contribution >= 0.6 is 11.3 Å². The molecule has 1 amide bonds. The molecule has 3 aromatic rings. The summed E-state index contributed by atoms with van der Waals surface area (Å²) < 4.78 is 1.72. The Kier molecular flexibility index (Phi) is 5.63. The summed E-state index contributed by atoms with van der Waals surface area (Å²) in [5.74, 6) is 0.642. The minimum absolute atomic E-state index is 0.0471. The van der Waals surface area contributed by atoms with E-state index in [4.69, 9.17) is 0 Å². The largest absolute Gasteiger partial charge is 0.354 e. The molecule has 1 unspecified atom stereocenters. The van der Waals surface area contributed by atoms with Gasteiger partial charge in [-0.1, -0.05) is 6.07 Å². The summed E-state index contributed by atoms with van der Waals surface area (Å²) >= 11 is 1.71. The average molecular weight is 372 g/mol. The maximum absolute atomic E-state index is 12.4. The number of thiophene rings is 1. The second-order valence-electron chi connectivity index (χ2n) is 6.53. The van der Waals surface area contributed by atoms with Crippen LogP contribution in [0, 0.1) is 13.8 Å². The van der Waals surface area contributed by atoms with Gasteiger partial charge >= 0.3 is 0 Å². The van der Waals surface area contributed by atoms with Gasteiger partial charge in [-0.2, -0.15) is 10.1 Å². The van der Waals surface area contributed by atoms with Crippen LogP contribution in [0.4, 0.5) is 0 Å². The highest BCUT2D eigenvalue weighted by Crippen LogP contribution is 2.22. The number of likely N-dealkylation sites (N-methyl/N-ethyl adjacent to an activating group) is 1. The van der Waals surface area contributed by atoms with Gasteiger partial charge in [-0.3, -0.25) is 4.79 Å². The molecule has 3 rings (SSSR count). The Morgan fingerprint density at radius 2 is 2.19 bits per heavy atom. The van der Waals surface area contributed by atoms with E-state index in [1.165, 1.54) is 11.2 Å². The molecule has 138 valence electrons. The van der Waals surface area contributed by atoms with Crippen molar-refractivity contribution in [3.8, 4) is 0 Å². The number of aryl methyl sites for hydroxylation is 2. The number of fused-ring (bicyclic) bond motifs is 1. The minimum atomic E-state index is 0.0471. The van der Waals surface area contributed by atoms with Gasteiger partial charge in [-0.25, -0.2) is 9.50 Å². The molecule has 0 aliphatic rings. The highest BCUT2D eigenvalue weighted by molar-refractivity contribution is 7.10. The van der Waals surface area contributed by atoms with Gasteiger partial charge in [0.15, 0.2) is 0 Å². The third-order valence-electron chi connectivity index (χ3n) is 4.58. The number of rotatable bonds is 7. The molecule has 0 radical (unpaired) electrons. The molecule has 0 bridgehead atoms. The summed E-state index contributed by atoms with van der Waals surface area (Å²) in [6.45, 7) is 4.54. The fourth-order valence-electron chi connectivity index (χ4n) is 3.07. The van der Waals surface area contributed by atoms with Crippen molar-refractivity contribution in [3.63, 3.8) is 0 Å². The lowest BCUT2D eigenvalue weighted by atomic mass is 10.1. The number of aromatic nitrogens is 4. The fraction of sp³-hybridized carbons (Fsp3) is 0.444. The normalized spacial score (nSPS) is 12.7. The summed E-state index contributed by atoms with van der Waals surface area (Å²) in [4.78, 5) is 24.3. The first-order valence-corrected chi connectivity index (χ1v) is 9.47. The predicted molar refractivity (Wildman–Crippen MR) is 102 cm³/mol. The summed E-state index contributed by atoms with van der Waals surface area (Å²) in [5, 5.41) is 9.32. The highest BCUT2D eigenvalue weighted by atomic mass is 32.1. The van der Waals surface area contributed by atoms with Gasteiger partial charge in [-0.15, -0.1) is 11.3 Å². The SMILES string of the molecule is Cc1nc2ncnn2c(C)c1CCC(=O)NCC(c1cccs1)N(C)C. The third-order valence-corrected chi connectivity index (χ3v) is 5.55. The summed E-state index contributed by atoms with van der Waals surface area (Å²) in [7, 11) is 4.06. The molecule has 26 heavy (non-hydrogen) atoms. The van der Waals surface area contributed by atoms with E-state index in [9.17, 15) is 4.79 Å². The van der Waals surface area contributed by atoms with Crippen molar-refractivity contribution in [2.75, 3.05) is 20.6 Å². The molecule has 1 atom stereocenters. The standard InChI is InChI=1S/C18H24N6OS/c1-12-14(13(2)24-18(22-12)20-11-21-24)7-8-17(25)19-10-15(23(3)4)16-6-5-9-26-16/h5-6,9,11,15H,7-8,10H2,1-4H3,(H,19,25). The molecular weight excluding hydrogens is 348 g/mol. The lowest BCUT2D eigenvalue weighted by Crippen LogP contribution is -2.34. The van der Waals surface area contributed by atoms with Crippen molar-refractivity contribution >= 4 is 23.0 Å². The molecule has 1 N–H and O–H groups in total. The van der Waals surface area contributed by atoms with Crippen LogP contribution in [0.5, 0.6) is 0 Å². The first-order chi connectivity index (χ1) is 12.5. The smallest absolute Gasteiger partial charge is 0.252 e. The van der Waals surface area contributed by atoms with E-state index in [0.29, 0.717) is 25.2 Å². The van der Waals surface area contributed by atoms with E-state index in [2.05, 4.69) is 36.7 Å². The zero-order valence-electron chi connectivity index (χ0n) is 15.6. The molecule has 0 spiro atoms. The molecule has 7 nitrogen and oxygen atoms in total. The van der Waals surface area contributed by atoms with Crippen molar-refractivity contribution in [2.24, 2.45) is 0 Å². The summed E-state index contributed by atoms with van der Waals surface area (Å²) in [6.07, 6.45) is 2.56. The van der Waals surface area contributed by atoms with E-state index in [1.807, 2.05) is 34.0 Å². The molecule has 0 saturated heterocycles. The van der Waals surface area contributed by atoms with E-state index < -0.39 is 0 Å². The van der Waals surface area contributed by atoms with Crippen molar-refractivity contribution in [3.05, 3.63) is 45.7 Å². The Morgan fingerprint density at radius 3 is 2.88 bits per heavy atom. The molecular formula is C18H24N6OS. The summed E-state index contributed by atoms with van der Waals surface area (Å²) in [6, 6.07) is 4.33. The monoisotopic (exact) mass is 372 g/mol. The zero-order valence-corrected chi connectivity index (χ0v) is 16.4. The predicted octanol–water partition coefficient (Wildman–Crippen LogP) is 2.15. The Bertz CT molecular complexity index is 887. The highest BCUT2D eigenvalue weighted by Gasteiger charge is 2.17. The van der Waals surface area contributed by atoms with E-state index >= 15 is 0 Å². The van der Waals surface area contributed by atoms with Gasteiger partial charge in [0.25, 0.3) is 5.78 Å². The van der Waals surface area contributed by atoms with Crippen molar-refractivity contribution in [1.82, 2.24) is 29.8 Å². The topological polar surface area (TPSA) is 75.4 Å². The molecule has 3 aromatic heterocycles. The van der Waals surface area contributed by atoms with Crippen LogP contribution in [0.2, 0.25) is 0 Å². The first-order valence-electron chi connectivity index (χ1n) is 8.59. The van der Waals surface area contributed by atoms with Crippen molar-refractivity contribution < 1.29 is 4.79 Å². The van der Waals surface area contributed by atoms with Gasteiger partial charge in [-0.05, 0) is 51.4 Å². The number of nitrogens with one attached hydrogen (secondary N) is 1.